The molecule has 0 aromatic carbocycles. The number of fused-ring (bicyclic) bond motifs is 2. The van der Waals surface area contributed by atoms with Crippen LogP contribution in [0.3, 0.4) is 0 Å². The topological polar surface area (TPSA) is 118 Å². The SMILES string of the molecule is COCc1nc(SN(c2nc3cccnc3s2)c2ncnc3cccnc23)n[nH]1. The van der Waals surface area contributed by atoms with Crippen molar-refractivity contribution in [3.63, 3.8) is 0 Å². The van der Waals surface area contributed by atoms with Crippen LogP contribution in [0.4, 0.5) is 10.9 Å². The number of nitrogens with zero attached hydrogens (tertiary/aromatic N) is 8. The fraction of sp³-hybridized carbons (Fsp3) is 0.118. The molecule has 0 fully saturated rings. The normalized spacial score (nSPS) is 11.3. The van der Waals surface area contributed by atoms with Crippen LogP contribution in [0.15, 0.2) is 48.1 Å². The number of rotatable bonds is 6. The second kappa shape index (κ2) is 7.66. The summed E-state index contributed by atoms with van der Waals surface area (Å²) >= 11 is 2.74. The van der Waals surface area contributed by atoms with Crippen molar-refractivity contribution in [2.45, 2.75) is 11.8 Å². The highest BCUT2D eigenvalue weighted by Crippen LogP contribution is 2.40. The van der Waals surface area contributed by atoms with Crippen molar-refractivity contribution in [2.24, 2.45) is 0 Å². The van der Waals surface area contributed by atoms with E-state index in [9.17, 15) is 0 Å². The molecular weight excluding hydrogens is 410 g/mol. The molecule has 0 aliphatic heterocycles. The predicted molar refractivity (Wildman–Crippen MR) is 110 cm³/mol. The molecule has 0 atom stereocenters. The molecule has 10 nitrogen and oxygen atoms in total. The van der Waals surface area contributed by atoms with Gasteiger partial charge in [0.1, 0.15) is 28.8 Å². The standard InChI is InChI=1S/C17H13N9OS2/c1-27-8-12-23-16(25-24-12)29-26(17-22-11-5-3-7-19-15(11)28-17)14-13-10(20-9-21-14)4-2-6-18-13/h2-7,9H,8H2,1H3,(H,23,24,25). The first-order valence-electron chi connectivity index (χ1n) is 8.47. The summed E-state index contributed by atoms with van der Waals surface area (Å²) in [5, 5.41) is 8.32. The first kappa shape index (κ1) is 17.8. The smallest absolute Gasteiger partial charge is 0.229 e. The molecule has 0 spiro atoms. The number of hydrogen-bond acceptors (Lipinski definition) is 11. The van der Waals surface area contributed by atoms with Crippen LogP contribution in [0, 0.1) is 0 Å². The van der Waals surface area contributed by atoms with Gasteiger partial charge in [-0.1, -0.05) is 11.3 Å². The van der Waals surface area contributed by atoms with Crippen LogP contribution in [0.25, 0.3) is 21.4 Å². The van der Waals surface area contributed by atoms with E-state index < -0.39 is 0 Å². The zero-order chi connectivity index (χ0) is 19.6. The summed E-state index contributed by atoms with van der Waals surface area (Å²) in [6, 6.07) is 7.51. The largest absolute Gasteiger partial charge is 0.377 e. The Morgan fingerprint density at radius 3 is 2.79 bits per heavy atom. The highest BCUT2D eigenvalue weighted by Gasteiger charge is 2.23. The molecule has 0 aliphatic carbocycles. The molecule has 5 heterocycles. The number of anilines is 2. The minimum atomic E-state index is 0.344. The molecule has 5 aromatic rings. The molecule has 0 radical (unpaired) electrons. The molecule has 12 heteroatoms. The zero-order valence-electron chi connectivity index (χ0n) is 15.1. The third-order valence-corrected chi connectivity index (χ3v) is 5.82. The molecule has 0 amide bonds. The van der Waals surface area contributed by atoms with Crippen LogP contribution >= 0.6 is 23.3 Å². The number of aromatic nitrogens is 8. The lowest BCUT2D eigenvalue weighted by Crippen LogP contribution is -2.10. The summed E-state index contributed by atoms with van der Waals surface area (Å²) in [7, 11) is 1.61. The summed E-state index contributed by atoms with van der Waals surface area (Å²) in [6.07, 6.45) is 4.96. The van der Waals surface area contributed by atoms with Crippen LogP contribution in [0.2, 0.25) is 0 Å². The highest BCUT2D eigenvalue weighted by molar-refractivity contribution is 8.01. The fourth-order valence-electron chi connectivity index (χ4n) is 2.65. The molecule has 5 aromatic heterocycles. The number of H-pyrrole nitrogens is 1. The van der Waals surface area contributed by atoms with E-state index in [1.807, 2.05) is 28.6 Å². The summed E-state index contributed by atoms with van der Waals surface area (Å²) in [5.74, 6) is 1.23. The van der Waals surface area contributed by atoms with Crippen molar-refractivity contribution in [1.82, 2.24) is 40.1 Å². The maximum atomic E-state index is 5.11. The number of nitrogens with one attached hydrogen (secondary N) is 1. The summed E-state index contributed by atoms with van der Waals surface area (Å²) in [6.45, 7) is 0.344. The van der Waals surface area contributed by atoms with Crippen molar-refractivity contribution < 1.29 is 4.74 Å². The van der Waals surface area contributed by atoms with Gasteiger partial charge in [0, 0.05) is 31.5 Å². The highest BCUT2D eigenvalue weighted by atomic mass is 32.2. The quantitative estimate of drug-likeness (QED) is 0.408. The van der Waals surface area contributed by atoms with Gasteiger partial charge in [-0.25, -0.2) is 29.2 Å². The molecule has 0 saturated carbocycles. The van der Waals surface area contributed by atoms with Crippen molar-refractivity contribution in [2.75, 3.05) is 11.4 Å². The Hall–Kier alpha value is -3.22. The van der Waals surface area contributed by atoms with Gasteiger partial charge in [-0.05, 0) is 24.3 Å². The van der Waals surface area contributed by atoms with Crippen LogP contribution in [-0.2, 0) is 11.3 Å². The summed E-state index contributed by atoms with van der Waals surface area (Å²) < 4.78 is 6.96. The van der Waals surface area contributed by atoms with E-state index in [-0.39, 0.29) is 0 Å². The van der Waals surface area contributed by atoms with Gasteiger partial charge in [0.15, 0.2) is 11.6 Å². The number of ether oxygens (including phenoxy) is 1. The first-order valence-corrected chi connectivity index (χ1v) is 10.1. The zero-order valence-corrected chi connectivity index (χ0v) is 16.7. The molecular formula is C17H13N9OS2. The van der Waals surface area contributed by atoms with Gasteiger partial charge >= 0.3 is 0 Å². The Kier molecular flexibility index (Phi) is 4.71. The molecule has 144 valence electrons. The third kappa shape index (κ3) is 3.48. The van der Waals surface area contributed by atoms with E-state index in [4.69, 9.17) is 9.72 Å². The number of hydrogen-bond donors (Lipinski definition) is 1. The lowest BCUT2D eigenvalue weighted by molar-refractivity contribution is 0.178. The molecule has 5 rings (SSSR count). The fourth-order valence-corrected chi connectivity index (χ4v) is 4.43. The van der Waals surface area contributed by atoms with Crippen molar-refractivity contribution in [3.05, 3.63) is 48.8 Å². The van der Waals surface area contributed by atoms with Gasteiger partial charge in [0.2, 0.25) is 10.3 Å². The summed E-state index contributed by atoms with van der Waals surface area (Å²) in [4.78, 5) is 27.6. The van der Waals surface area contributed by atoms with Crippen LogP contribution in [-0.4, -0.2) is 47.2 Å². The Balaban J connectivity index is 1.63. The lowest BCUT2D eigenvalue weighted by atomic mass is 10.3. The Morgan fingerprint density at radius 2 is 1.93 bits per heavy atom. The monoisotopic (exact) mass is 423 g/mol. The Bertz CT molecular complexity index is 1250. The number of pyridine rings is 2. The third-order valence-electron chi connectivity index (χ3n) is 3.86. The van der Waals surface area contributed by atoms with Gasteiger partial charge in [-0.2, -0.15) is 0 Å². The molecule has 0 aliphatic rings. The Morgan fingerprint density at radius 1 is 1.07 bits per heavy atom. The maximum absolute atomic E-state index is 5.11. The van der Waals surface area contributed by atoms with Crippen molar-refractivity contribution >= 4 is 55.6 Å². The van der Waals surface area contributed by atoms with E-state index in [2.05, 4.69) is 35.1 Å². The van der Waals surface area contributed by atoms with E-state index in [1.165, 1.54) is 29.6 Å². The van der Waals surface area contributed by atoms with E-state index >= 15 is 0 Å². The van der Waals surface area contributed by atoms with Crippen molar-refractivity contribution in [3.8, 4) is 0 Å². The average Bonchev–Trinajstić information content (AvgIpc) is 3.38. The van der Waals surface area contributed by atoms with Gasteiger partial charge in [-0.3, -0.25) is 10.1 Å². The Labute approximate surface area is 172 Å². The van der Waals surface area contributed by atoms with Crippen molar-refractivity contribution in [1.29, 1.82) is 0 Å². The van der Waals surface area contributed by atoms with Gasteiger partial charge in [-0.15, -0.1) is 5.10 Å². The van der Waals surface area contributed by atoms with Crippen LogP contribution in [0.1, 0.15) is 5.82 Å². The average molecular weight is 423 g/mol. The molecule has 0 unspecified atom stereocenters. The molecule has 29 heavy (non-hydrogen) atoms. The molecule has 0 bridgehead atoms. The number of aromatic amines is 1. The van der Waals surface area contributed by atoms with Gasteiger partial charge < -0.3 is 4.74 Å². The number of methoxy groups -OCH3 is 1. The molecule has 0 saturated heterocycles. The van der Waals surface area contributed by atoms with Gasteiger partial charge in [0.05, 0.1) is 5.52 Å². The van der Waals surface area contributed by atoms with E-state index in [1.54, 1.807) is 19.5 Å². The summed E-state index contributed by atoms with van der Waals surface area (Å²) in [5.41, 5.74) is 2.19. The van der Waals surface area contributed by atoms with Gasteiger partial charge in [0.25, 0.3) is 0 Å². The minimum absolute atomic E-state index is 0.344. The minimum Gasteiger partial charge on any atom is -0.377 e. The number of thiazole rings is 1. The lowest BCUT2D eigenvalue weighted by Gasteiger charge is -2.18. The van der Waals surface area contributed by atoms with E-state index in [0.717, 1.165) is 15.9 Å². The van der Waals surface area contributed by atoms with Crippen LogP contribution in [0.5, 0.6) is 0 Å². The first-order chi connectivity index (χ1) is 14.3. The molecule has 1 N–H and O–H groups in total. The van der Waals surface area contributed by atoms with Crippen LogP contribution < -0.4 is 4.31 Å². The second-order valence-electron chi connectivity index (χ2n) is 5.78. The maximum Gasteiger partial charge on any atom is 0.229 e. The van der Waals surface area contributed by atoms with E-state index in [0.29, 0.717) is 34.1 Å². The predicted octanol–water partition coefficient (Wildman–Crippen LogP) is 3.14. The second-order valence-corrected chi connectivity index (χ2v) is 7.64.